The first-order valence-electron chi connectivity index (χ1n) is 9.07. The van der Waals surface area contributed by atoms with Crippen LogP contribution >= 0.6 is 0 Å². The highest BCUT2D eigenvalue weighted by Gasteiger charge is 2.30. The quantitative estimate of drug-likeness (QED) is 0.865. The fraction of sp³-hybridized carbons (Fsp3) is 0.444. The minimum absolute atomic E-state index is 0.180. The lowest BCUT2D eigenvalue weighted by Gasteiger charge is -2.28. The van der Waals surface area contributed by atoms with E-state index in [1.165, 1.54) is 16.4 Å². The number of carbonyl (C=O) groups is 1. The minimum Gasteiger partial charge on any atom is -0.334 e. The number of halogens is 1. The van der Waals surface area contributed by atoms with Gasteiger partial charge in [0.2, 0.25) is 10.0 Å². The zero-order valence-electron chi connectivity index (χ0n) is 14.8. The highest BCUT2D eigenvalue weighted by Crippen LogP contribution is 2.25. The third-order valence-corrected chi connectivity index (χ3v) is 7.11. The van der Waals surface area contributed by atoms with Crippen molar-refractivity contribution in [3.63, 3.8) is 0 Å². The number of carbonyl (C=O) groups excluding carboxylic acids is 1. The Hall–Kier alpha value is -2.26. The molecular formula is C18H21FN4O3S. The number of amides is 1. The Bertz CT molecular complexity index is 967. The van der Waals surface area contributed by atoms with Gasteiger partial charge in [-0.25, -0.2) is 12.8 Å². The van der Waals surface area contributed by atoms with Crippen molar-refractivity contribution in [2.45, 2.75) is 37.1 Å². The molecule has 0 saturated carbocycles. The van der Waals surface area contributed by atoms with E-state index in [0.717, 1.165) is 36.6 Å². The maximum Gasteiger partial charge on any atom is 0.254 e. The van der Waals surface area contributed by atoms with Crippen LogP contribution in [0.5, 0.6) is 0 Å². The number of hydrogen-bond donors (Lipinski definition) is 1. The number of piperidine rings is 1. The molecule has 4 rings (SSSR count). The van der Waals surface area contributed by atoms with Crippen LogP contribution in [0.3, 0.4) is 0 Å². The lowest BCUT2D eigenvalue weighted by atomic mass is 10.1. The van der Waals surface area contributed by atoms with E-state index in [1.54, 1.807) is 11.1 Å². The summed E-state index contributed by atoms with van der Waals surface area (Å²) in [6, 6.07) is 3.58. The van der Waals surface area contributed by atoms with Gasteiger partial charge in [0, 0.05) is 49.4 Å². The van der Waals surface area contributed by atoms with Crippen LogP contribution in [-0.2, 0) is 23.0 Å². The lowest BCUT2D eigenvalue weighted by molar-refractivity contribution is 0.0734. The fourth-order valence-corrected chi connectivity index (χ4v) is 5.26. The highest BCUT2D eigenvalue weighted by molar-refractivity contribution is 7.89. The third kappa shape index (κ3) is 3.37. The highest BCUT2D eigenvalue weighted by atomic mass is 32.2. The molecule has 0 aliphatic carbocycles. The first-order chi connectivity index (χ1) is 13.0. The van der Waals surface area contributed by atoms with Crippen molar-refractivity contribution in [2.75, 3.05) is 19.6 Å². The van der Waals surface area contributed by atoms with Gasteiger partial charge in [-0.3, -0.25) is 9.89 Å². The minimum atomic E-state index is -3.95. The van der Waals surface area contributed by atoms with Crippen molar-refractivity contribution in [3.05, 3.63) is 47.0 Å². The number of rotatable bonds is 3. The number of nitrogens with one attached hydrogen (secondary N) is 1. The maximum absolute atomic E-state index is 14.3. The van der Waals surface area contributed by atoms with E-state index in [0.29, 0.717) is 32.6 Å². The lowest BCUT2D eigenvalue weighted by Crippen LogP contribution is -2.37. The number of hydrogen-bond acceptors (Lipinski definition) is 4. The summed E-state index contributed by atoms with van der Waals surface area (Å²) < 4.78 is 41.3. The van der Waals surface area contributed by atoms with Crippen LogP contribution in [0.15, 0.2) is 29.3 Å². The number of nitrogens with zero attached hydrogens (tertiary/aromatic N) is 3. The molecule has 0 radical (unpaired) electrons. The van der Waals surface area contributed by atoms with E-state index in [4.69, 9.17) is 0 Å². The molecule has 0 bridgehead atoms. The number of H-pyrrole nitrogens is 1. The summed E-state index contributed by atoms with van der Waals surface area (Å²) in [5.41, 5.74) is 2.13. The van der Waals surface area contributed by atoms with Crippen LogP contribution in [0, 0.1) is 5.82 Å². The van der Waals surface area contributed by atoms with Gasteiger partial charge in [0.15, 0.2) is 0 Å². The molecule has 1 amide bonds. The normalized spacial score (nSPS) is 18.3. The monoisotopic (exact) mass is 392 g/mol. The molecular weight excluding hydrogens is 371 g/mol. The molecule has 7 nitrogen and oxygen atoms in total. The Morgan fingerprint density at radius 3 is 2.70 bits per heavy atom. The van der Waals surface area contributed by atoms with Crippen LogP contribution in [0.1, 0.15) is 40.9 Å². The summed E-state index contributed by atoms with van der Waals surface area (Å²) in [4.78, 5) is 14.1. The molecule has 1 N–H and O–H groups in total. The molecule has 2 aliphatic heterocycles. The molecule has 1 saturated heterocycles. The standard InChI is InChI=1S/C18H21FN4O3S/c19-15-5-4-13(10-17(15)27(25,26)23-7-2-1-3-8-23)18(24)22-9-6-16-14(12-22)11-20-21-16/h4-5,10-11H,1-3,6-9,12H2,(H,20,21). The van der Waals surface area contributed by atoms with Crippen molar-refractivity contribution in [1.29, 1.82) is 0 Å². The van der Waals surface area contributed by atoms with Crippen LogP contribution in [0.4, 0.5) is 4.39 Å². The molecule has 0 atom stereocenters. The topological polar surface area (TPSA) is 86.4 Å². The van der Waals surface area contributed by atoms with Crippen LogP contribution in [0.25, 0.3) is 0 Å². The van der Waals surface area contributed by atoms with Gasteiger partial charge in [-0.15, -0.1) is 0 Å². The Morgan fingerprint density at radius 2 is 1.93 bits per heavy atom. The van der Waals surface area contributed by atoms with Crippen molar-refractivity contribution in [2.24, 2.45) is 0 Å². The molecule has 1 aromatic heterocycles. The average Bonchev–Trinajstić information content (AvgIpc) is 3.16. The van der Waals surface area contributed by atoms with Gasteiger partial charge in [0.05, 0.1) is 6.20 Å². The summed E-state index contributed by atoms with van der Waals surface area (Å²) in [6.07, 6.45) is 4.84. The van der Waals surface area contributed by atoms with E-state index in [1.807, 2.05) is 0 Å². The number of aromatic amines is 1. The van der Waals surface area contributed by atoms with Gasteiger partial charge in [-0.1, -0.05) is 6.42 Å². The smallest absolute Gasteiger partial charge is 0.254 e. The van der Waals surface area contributed by atoms with E-state index in [-0.39, 0.29) is 11.5 Å². The van der Waals surface area contributed by atoms with Gasteiger partial charge in [0.1, 0.15) is 10.7 Å². The largest absolute Gasteiger partial charge is 0.334 e. The molecule has 144 valence electrons. The predicted molar refractivity (Wildman–Crippen MR) is 96.0 cm³/mol. The van der Waals surface area contributed by atoms with Crippen molar-refractivity contribution < 1.29 is 17.6 Å². The Morgan fingerprint density at radius 1 is 1.15 bits per heavy atom. The maximum atomic E-state index is 14.3. The number of aromatic nitrogens is 2. The molecule has 2 aromatic rings. The van der Waals surface area contributed by atoms with E-state index in [9.17, 15) is 17.6 Å². The second-order valence-corrected chi connectivity index (χ2v) is 8.87. The molecule has 3 heterocycles. The van der Waals surface area contributed by atoms with E-state index < -0.39 is 20.7 Å². The molecule has 0 unspecified atom stereocenters. The fourth-order valence-electron chi connectivity index (χ4n) is 3.66. The van der Waals surface area contributed by atoms with Crippen LogP contribution in [0.2, 0.25) is 0 Å². The molecule has 0 spiro atoms. The first-order valence-corrected chi connectivity index (χ1v) is 10.5. The molecule has 1 aromatic carbocycles. The van der Waals surface area contributed by atoms with Crippen molar-refractivity contribution in [1.82, 2.24) is 19.4 Å². The number of sulfonamides is 1. The van der Waals surface area contributed by atoms with Crippen molar-refractivity contribution in [3.8, 4) is 0 Å². The van der Waals surface area contributed by atoms with E-state index >= 15 is 0 Å². The first kappa shape index (κ1) is 18.1. The summed E-state index contributed by atoms with van der Waals surface area (Å²) in [6.45, 7) is 1.67. The van der Waals surface area contributed by atoms with E-state index in [2.05, 4.69) is 10.2 Å². The molecule has 9 heteroatoms. The second-order valence-electron chi connectivity index (χ2n) is 6.96. The summed E-state index contributed by atoms with van der Waals surface area (Å²) in [5, 5.41) is 6.89. The third-order valence-electron chi connectivity index (χ3n) is 5.20. The Kier molecular flexibility index (Phi) is 4.73. The van der Waals surface area contributed by atoms with Gasteiger partial charge >= 0.3 is 0 Å². The van der Waals surface area contributed by atoms with Crippen LogP contribution < -0.4 is 0 Å². The molecule has 27 heavy (non-hydrogen) atoms. The van der Waals surface area contributed by atoms with Gasteiger partial charge in [0.25, 0.3) is 5.91 Å². The second kappa shape index (κ2) is 7.05. The Labute approximate surface area is 157 Å². The summed E-state index contributed by atoms with van der Waals surface area (Å²) in [5.74, 6) is -1.13. The summed E-state index contributed by atoms with van der Waals surface area (Å²) in [7, 11) is -3.95. The zero-order chi connectivity index (χ0) is 19.0. The van der Waals surface area contributed by atoms with Gasteiger partial charge < -0.3 is 4.90 Å². The average molecular weight is 392 g/mol. The van der Waals surface area contributed by atoms with Gasteiger partial charge in [-0.05, 0) is 31.0 Å². The van der Waals surface area contributed by atoms with Gasteiger partial charge in [-0.2, -0.15) is 9.40 Å². The zero-order valence-corrected chi connectivity index (χ0v) is 15.6. The molecule has 1 fully saturated rings. The van der Waals surface area contributed by atoms with Crippen LogP contribution in [-0.4, -0.2) is 53.4 Å². The summed E-state index contributed by atoms with van der Waals surface area (Å²) >= 11 is 0. The number of benzene rings is 1. The Balaban J connectivity index is 1.61. The SMILES string of the molecule is O=C(c1ccc(F)c(S(=O)(=O)N2CCCCC2)c1)N1CCc2[nH]ncc2C1. The predicted octanol–water partition coefficient (Wildman–Crippen LogP) is 1.92. The van der Waals surface area contributed by atoms with Crippen molar-refractivity contribution >= 4 is 15.9 Å². The molecule has 2 aliphatic rings. The number of fused-ring (bicyclic) bond motifs is 1.